The number of nitrogens with zero attached hydrogens (tertiary/aromatic N) is 1. The van der Waals surface area contributed by atoms with E-state index in [4.69, 9.17) is 21.1 Å². The lowest BCUT2D eigenvalue weighted by molar-refractivity contribution is -0.0318. The number of ether oxygens (including phenoxy) is 2. The lowest BCUT2D eigenvalue weighted by atomic mass is 10.1. The topological polar surface area (TPSA) is 54.9 Å². The minimum atomic E-state index is 0. The lowest BCUT2D eigenvalue weighted by Crippen LogP contribution is -2.38. The summed E-state index contributed by atoms with van der Waals surface area (Å²) in [4.78, 5) is 4.61. The number of hydrogen-bond donors (Lipinski definition) is 2. The molecule has 26 heavy (non-hydrogen) atoms. The predicted molar refractivity (Wildman–Crippen MR) is 119 cm³/mol. The molecule has 0 unspecified atom stereocenters. The summed E-state index contributed by atoms with van der Waals surface area (Å²) in [7, 11) is 0. The van der Waals surface area contributed by atoms with E-state index in [-0.39, 0.29) is 24.0 Å². The van der Waals surface area contributed by atoms with Crippen molar-refractivity contribution in [1.29, 1.82) is 0 Å². The zero-order chi connectivity index (χ0) is 17.7. The van der Waals surface area contributed by atoms with Gasteiger partial charge in [0.25, 0.3) is 0 Å². The molecule has 0 radical (unpaired) electrons. The van der Waals surface area contributed by atoms with Gasteiger partial charge in [-0.1, -0.05) is 23.7 Å². The smallest absolute Gasteiger partial charge is 0.191 e. The number of guanidine groups is 1. The molecule has 1 aromatic rings. The number of rotatable bonds is 9. The summed E-state index contributed by atoms with van der Waals surface area (Å²) < 4.78 is 11.2. The number of aliphatic imine (C=N–C) groups is 1. The van der Waals surface area contributed by atoms with Crippen LogP contribution in [-0.4, -0.2) is 51.5 Å². The normalized spacial score (nSPS) is 15.4. The van der Waals surface area contributed by atoms with Gasteiger partial charge in [0, 0.05) is 44.5 Å². The van der Waals surface area contributed by atoms with Crippen molar-refractivity contribution in [2.45, 2.75) is 38.7 Å². The second-order valence-electron chi connectivity index (χ2n) is 6.10. The van der Waals surface area contributed by atoms with Crippen LogP contribution in [0.25, 0.3) is 0 Å². The van der Waals surface area contributed by atoms with Crippen LogP contribution in [0.15, 0.2) is 29.3 Å². The van der Waals surface area contributed by atoms with Crippen LogP contribution in [0.3, 0.4) is 0 Å². The van der Waals surface area contributed by atoms with Gasteiger partial charge in [0.2, 0.25) is 0 Å². The highest BCUT2D eigenvalue weighted by atomic mass is 127. The Labute approximate surface area is 179 Å². The van der Waals surface area contributed by atoms with Gasteiger partial charge in [0.05, 0.1) is 6.10 Å². The lowest BCUT2D eigenvalue weighted by Gasteiger charge is -2.22. The van der Waals surface area contributed by atoms with Crippen molar-refractivity contribution in [1.82, 2.24) is 10.6 Å². The average Bonchev–Trinajstić information content (AvgIpc) is 2.62. The fraction of sp³-hybridized carbons (Fsp3) is 0.632. The average molecular weight is 496 g/mol. The maximum absolute atomic E-state index is 6.02. The third-order valence-corrected chi connectivity index (χ3v) is 4.27. The van der Waals surface area contributed by atoms with E-state index in [2.05, 4.69) is 28.6 Å². The Morgan fingerprint density at radius 1 is 1.31 bits per heavy atom. The van der Waals surface area contributed by atoms with Crippen molar-refractivity contribution in [3.63, 3.8) is 0 Å². The van der Waals surface area contributed by atoms with Crippen molar-refractivity contribution >= 4 is 41.5 Å². The summed E-state index contributed by atoms with van der Waals surface area (Å²) in [5, 5.41) is 7.42. The predicted octanol–water partition coefficient (Wildman–Crippen LogP) is 3.64. The van der Waals surface area contributed by atoms with Gasteiger partial charge in [-0.2, -0.15) is 0 Å². The van der Waals surface area contributed by atoms with Crippen molar-refractivity contribution in [3.8, 4) is 0 Å². The van der Waals surface area contributed by atoms with Crippen LogP contribution in [-0.2, 0) is 15.9 Å². The second kappa shape index (κ2) is 14.5. The van der Waals surface area contributed by atoms with Gasteiger partial charge in [-0.25, -0.2) is 0 Å². The zero-order valence-electron chi connectivity index (χ0n) is 15.5. The van der Waals surface area contributed by atoms with Gasteiger partial charge in [-0.15, -0.1) is 24.0 Å². The first-order chi connectivity index (χ1) is 12.3. The van der Waals surface area contributed by atoms with Gasteiger partial charge in [-0.3, -0.25) is 4.99 Å². The van der Waals surface area contributed by atoms with E-state index in [1.165, 1.54) is 5.56 Å². The van der Waals surface area contributed by atoms with Crippen LogP contribution in [0.1, 0.15) is 31.7 Å². The van der Waals surface area contributed by atoms with E-state index in [0.717, 1.165) is 76.1 Å². The van der Waals surface area contributed by atoms with Crippen molar-refractivity contribution in [3.05, 3.63) is 34.9 Å². The van der Waals surface area contributed by atoms with E-state index >= 15 is 0 Å². The Bertz CT molecular complexity index is 525. The van der Waals surface area contributed by atoms with Crippen LogP contribution in [0.4, 0.5) is 0 Å². The molecule has 2 rings (SSSR count). The quantitative estimate of drug-likeness (QED) is 0.238. The van der Waals surface area contributed by atoms with E-state index in [9.17, 15) is 0 Å². The standard InChI is InChI=1S/C19H30ClN3O2.HI/c1-2-21-19(23-11-7-16-5-3-6-17(20)15-16)22-10-4-12-25-18-8-13-24-14-9-18;/h3,5-6,15,18H,2,4,7-14H2,1H3,(H2,21,22,23);1H. The molecule has 0 amide bonds. The summed E-state index contributed by atoms with van der Waals surface area (Å²) >= 11 is 6.02. The monoisotopic (exact) mass is 495 g/mol. The number of benzene rings is 1. The van der Waals surface area contributed by atoms with Gasteiger partial charge in [0.15, 0.2) is 5.96 Å². The molecule has 0 atom stereocenters. The molecule has 1 saturated heterocycles. The van der Waals surface area contributed by atoms with Gasteiger partial charge in [-0.05, 0) is 50.3 Å². The van der Waals surface area contributed by atoms with Crippen LogP contribution in [0.2, 0.25) is 5.02 Å². The fourth-order valence-electron chi connectivity index (χ4n) is 2.71. The molecule has 1 aromatic carbocycles. The maximum atomic E-state index is 6.02. The molecule has 7 heteroatoms. The van der Waals surface area contributed by atoms with Crippen LogP contribution >= 0.6 is 35.6 Å². The number of hydrogen-bond acceptors (Lipinski definition) is 3. The van der Waals surface area contributed by atoms with Crippen LogP contribution < -0.4 is 10.6 Å². The SMILES string of the molecule is CCNC(=NCCCOC1CCOCC1)NCCc1cccc(Cl)c1.I. The first kappa shape index (κ1) is 23.5. The summed E-state index contributed by atoms with van der Waals surface area (Å²) in [6, 6.07) is 7.97. The number of nitrogens with one attached hydrogen (secondary N) is 2. The van der Waals surface area contributed by atoms with E-state index in [0.29, 0.717) is 6.10 Å². The Morgan fingerprint density at radius 3 is 2.85 bits per heavy atom. The molecule has 1 heterocycles. The summed E-state index contributed by atoms with van der Waals surface area (Å²) in [6.07, 6.45) is 4.23. The van der Waals surface area contributed by atoms with Gasteiger partial charge >= 0.3 is 0 Å². The maximum Gasteiger partial charge on any atom is 0.191 e. The third kappa shape index (κ3) is 9.94. The highest BCUT2D eigenvalue weighted by Crippen LogP contribution is 2.11. The number of halogens is 2. The molecule has 0 bridgehead atoms. The van der Waals surface area contributed by atoms with Gasteiger partial charge < -0.3 is 20.1 Å². The third-order valence-electron chi connectivity index (χ3n) is 4.03. The molecule has 1 aliphatic rings. The van der Waals surface area contributed by atoms with Crippen molar-refractivity contribution < 1.29 is 9.47 Å². The molecule has 148 valence electrons. The van der Waals surface area contributed by atoms with E-state index < -0.39 is 0 Å². The molecule has 1 fully saturated rings. The Hall–Kier alpha value is -0.570. The highest BCUT2D eigenvalue weighted by molar-refractivity contribution is 14.0. The largest absolute Gasteiger partial charge is 0.381 e. The minimum absolute atomic E-state index is 0. The molecule has 1 aliphatic heterocycles. The Balaban J connectivity index is 0.00000338. The zero-order valence-corrected chi connectivity index (χ0v) is 18.6. The molecular formula is C19H31ClIN3O2. The van der Waals surface area contributed by atoms with E-state index in [1.807, 2.05) is 18.2 Å². The van der Waals surface area contributed by atoms with Crippen molar-refractivity contribution in [2.75, 3.05) is 39.5 Å². The van der Waals surface area contributed by atoms with Crippen molar-refractivity contribution in [2.24, 2.45) is 4.99 Å². The first-order valence-corrected chi connectivity index (χ1v) is 9.61. The molecule has 0 spiro atoms. The molecule has 0 aliphatic carbocycles. The Kier molecular flexibility index (Phi) is 13.1. The molecular weight excluding hydrogens is 465 g/mol. The van der Waals surface area contributed by atoms with Gasteiger partial charge in [0.1, 0.15) is 0 Å². The molecule has 5 nitrogen and oxygen atoms in total. The summed E-state index contributed by atoms with van der Waals surface area (Å²) in [6.45, 7) is 6.91. The van der Waals surface area contributed by atoms with Crippen LogP contribution in [0.5, 0.6) is 0 Å². The molecule has 2 N–H and O–H groups in total. The minimum Gasteiger partial charge on any atom is -0.381 e. The second-order valence-corrected chi connectivity index (χ2v) is 6.54. The highest BCUT2D eigenvalue weighted by Gasteiger charge is 2.13. The molecule has 0 saturated carbocycles. The van der Waals surface area contributed by atoms with Crippen LogP contribution in [0, 0.1) is 0 Å². The fourth-order valence-corrected chi connectivity index (χ4v) is 2.92. The molecule has 0 aromatic heterocycles. The first-order valence-electron chi connectivity index (χ1n) is 9.24. The summed E-state index contributed by atoms with van der Waals surface area (Å²) in [5.41, 5.74) is 1.22. The van der Waals surface area contributed by atoms with E-state index in [1.54, 1.807) is 0 Å². The Morgan fingerprint density at radius 2 is 2.12 bits per heavy atom. The summed E-state index contributed by atoms with van der Waals surface area (Å²) in [5.74, 6) is 0.857.